The van der Waals surface area contributed by atoms with Crippen LogP contribution in [0.25, 0.3) is 0 Å². The van der Waals surface area contributed by atoms with Crippen LogP contribution in [-0.4, -0.2) is 64.4 Å². The number of methoxy groups -OCH3 is 1. The minimum atomic E-state index is -0.630. The summed E-state index contributed by atoms with van der Waals surface area (Å²) in [6.45, 7) is 5.24. The number of aliphatic hydroxyl groups is 1. The third kappa shape index (κ3) is 8.18. The van der Waals surface area contributed by atoms with Gasteiger partial charge in [0.15, 0.2) is 5.78 Å². The summed E-state index contributed by atoms with van der Waals surface area (Å²) in [6, 6.07) is 25.4. The van der Waals surface area contributed by atoms with E-state index in [0.717, 1.165) is 67.3 Å². The lowest BCUT2D eigenvalue weighted by Gasteiger charge is -2.38. The fourth-order valence-electron chi connectivity index (χ4n) is 7.26. The Morgan fingerprint density at radius 3 is 2.47 bits per heavy atom. The SMILES string of the molecule is COc1ccc(CN2CCC[C@@H]([C@@H](O)[C@@H](CC(=O)c3cccc(C(=O)N4CCCC4c4nc(C)cs4)c3)Cc3ccccc3)C2)cc1. The Hall–Kier alpha value is -3.85. The molecular formula is C39H45N3O4S. The Morgan fingerprint density at radius 2 is 1.72 bits per heavy atom. The number of likely N-dealkylation sites (tertiary alicyclic amines) is 2. The Labute approximate surface area is 282 Å². The highest BCUT2D eigenvalue weighted by Crippen LogP contribution is 2.35. The number of carbonyl (C=O) groups is 2. The zero-order valence-corrected chi connectivity index (χ0v) is 28.2. The summed E-state index contributed by atoms with van der Waals surface area (Å²) in [5.41, 5.74) is 4.34. The predicted octanol–water partition coefficient (Wildman–Crippen LogP) is 7.14. The molecule has 0 aliphatic carbocycles. The number of aromatic nitrogens is 1. The average Bonchev–Trinajstić information content (AvgIpc) is 3.77. The van der Waals surface area contributed by atoms with Gasteiger partial charge in [-0.25, -0.2) is 4.98 Å². The lowest BCUT2D eigenvalue weighted by Crippen LogP contribution is -2.43. The van der Waals surface area contributed by atoms with Crippen LogP contribution in [0.5, 0.6) is 5.75 Å². The highest BCUT2D eigenvalue weighted by molar-refractivity contribution is 7.09. The molecule has 2 aliphatic heterocycles. The molecule has 1 N–H and O–H groups in total. The van der Waals surface area contributed by atoms with Crippen molar-refractivity contribution in [3.8, 4) is 5.75 Å². The highest BCUT2D eigenvalue weighted by atomic mass is 32.1. The van der Waals surface area contributed by atoms with Crippen LogP contribution in [0, 0.1) is 18.8 Å². The minimum absolute atomic E-state index is 0.0225. The number of aryl methyl sites for hydroxylation is 1. The first-order valence-electron chi connectivity index (χ1n) is 16.8. The molecule has 2 aliphatic rings. The van der Waals surface area contributed by atoms with Crippen LogP contribution < -0.4 is 4.74 Å². The summed E-state index contributed by atoms with van der Waals surface area (Å²) >= 11 is 1.60. The number of nitrogens with zero attached hydrogens (tertiary/aromatic N) is 3. The molecule has 0 spiro atoms. The Kier molecular flexibility index (Phi) is 10.8. The van der Waals surface area contributed by atoms with Crippen molar-refractivity contribution in [2.75, 3.05) is 26.7 Å². The number of benzene rings is 3. The standard InChI is InChI=1S/C39H45N3O4S/c1-27-26-47-38(40-27)35-14-8-20-42(35)39(45)31-12-6-11-30(22-31)36(43)23-33(21-28-9-4-3-5-10-28)37(44)32-13-7-19-41(25-32)24-29-15-17-34(46-2)18-16-29/h3-6,9-12,15-18,22,26,32-33,35,37,44H,7-8,13-14,19-21,23-25H2,1-2H3/t32-,33-,35?,37-/m1/s1. The number of thiazole rings is 1. The van der Waals surface area contributed by atoms with Crippen LogP contribution in [0.3, 0.4) is 0 Å². The van der Waals surface area contributed by atoms with Crippen molar-refractivity contribution in [1.29, 1.82) is 0 Å². The maximum atomic E-state index is 13.9. The number of piperidine rings is 1. The molecule has 4 atom stereocenters. The summed E-state index contributed by atoms with van der Waals surface area (Å²) < 4.78 is 5.31. The van der Waals surface area contributed by atoms with E-state index >= 15 is 0 Å². The first kappa shape index (κ1) is 33.1. The van der Waals surface area contributed by atoms with E-state index < -0.39 is 6.10 Å². The monoisotopic (exact) mass is 651 g/mol. The number of Topliss-reactive ketones (excluding diaryl/α,β-unsaturated/α-hetero) is 1. The van der Waals surface area contributed by atoms with Crippen molar-refractivity contribution < 1.29 is 19.4 Å². The molecule has 7 nitrogen and oxygen atoms in total. The maximum Gasteiger partial charge on any atom is 0.254 e. The van der Waals surface area contributed by atoms with Crippen LogP contribution >= 0.6 is 11.3 Å². The number of ketones is 1. The summed E-state index contributed by atoms with van der Waals surface area (Å²) in [4.78, 5) is 36.6. The van der Waals surface area contributed by atoms with E-state index in [1.54, 1.807) is 42.7 Å². The second-order valence-electron chi connectivity index (χ2n) is 13.1. The van der Waals surface area contributed by atoms with Gasteiger partial charge >= 0.3 is 0 Å². The lowest BCUT2D eigenvalue weighted by atomic mass is 9.79. The molecule has 0 saturated carbocycles. The molecule has 1 aromatic heterocycles. The smallest absolute Gasteiger partial charge is 0.254 e. The first-order valence-corrected chi connectivity index (χ1v) is 17.7. The van der Waals surface area contributed by atoms with Crippen molar-refractivity contribution in [3.63, 3.8) is 0 Å². The molecule has 2 fully saturated rings. The number of rotatable bonds is 12. The minimum Gasteiger partial charge on any atom is -0.497 e. The summed E-state index contributed by atoms with van der Waals surface area (Å²) in [6.07, 6.45) is 3.97. The van der Waals surface area contributed by atoms with Crippen LogP contribution in [0.2, 0.25) is 0 Å². The Morgan fingerprint density at radius 1 is 0.957 bits per heavy atom. The topological polar surface area (TPSA) is 83.0 Å². The molecule has 1 amide bonds. The Bertz CT molecular complexity index is 1640. The van der Waals surface area contributed by atoms with Gasteiger partial charge in [0.05, 0.1) is 19.3 Å². The van der Waals surface area contributed by atoms with Crippen molar-refractivity contribution in [2.24, 2.45) is 11.8 Å². The van der Waals surface area contributed by atoms with Gasteiger partial charge in [-0.3, -0.25) is 14.5 Å². The number of ether oxygens (including phenoxy) is 1. The molecule has 1 unspecified atom stereocenters. The van der Waals surface area contributed by atoms with E-state index in [1.165, 1.54) is 5.56 Å². The summed E-state index contributed by atoms with van der Waals surface area (Å²) in [5.74, 6) is 0.563. The van der Waals surface area contributed by atoms with Crippen LogP contribution in [-0.2, 0) is 13.0 Å². The average molecular weight is 652 g/mol. The molecule has 2 saturated heterocycles. The van der Waals surface area contributed by atoms with Gasteiger partial charge in [0, 0.05) is 48.3 Å². The van der Waals surface area contributed by atoms with Gasteiger partial charge in [0.25, 0.3) is 5.91 Å². The number of hydrogen-bond donors (Lipinski definition) is 1. The van der Waals surface area contributed by atoms with E-state index in [9.17, 15) is 14.7 Å². The lowest BCUT2D eigenvalue weighted by molar-refractivity contribution is 0.00758. The molecule has 8 heteroatoms. The quantitative estimate of drug-likeness (QED) is 0.164. The largest absolute Gasteiger partial charge is 0.497 e. The zero-order chi connectivity index (χ0) is 32.8. The maximum absolute atomic E-state index is 13.9. The van der Waals surface area contributed by atoms with Gasteiger partial charge in [-0.05, 0) is 92.8 Å². The fourth-order valence-corrected chi connectivity index (χ4v) is 8.20. The first-order chi connectivity index (χ1) is 22.9. The van der Waals surface area contributed by atoms with E-state index in [4.69, 9.17) is 4.74 Å². The molecule has 47 heavy (non-hydrogen) atoms. The number of hydrogen-bond acceptors (Lipinski definition) is 7. The molecule has 0 radical (unpaired) electrons. The Balaban J connectivity index is 1.16. The third-order valence-electron chi connectivity index (χ3n) is 9.73. The van der Waals surface area contributed by atoms with Gasteiger partial charge in [-0.15, -0.1) is 11.3 Å². The van der Waals surface area contributed by atoms with Gasteiger partial charge in [0.2, 0.25) is 0 Å². The fraction of sp³-hybridized carbons (Fsp3) is 0.410. The molecule has 0 bridgehead atoms. The molecule has 6 rings (SSSR count). The van der Waals surface area contributed by atoms with Gasteiger partial charge in [-0.2, -0.15) is 0 Å². The van der Waals surface area contributed by atoms with E-state index in [2.05, 4.69) is 34.1 Å². The van der Waals surface area contributed by atoms with Crippen LogP contribution in [0.15, 0.2) is 84.2 Å². The number of amides is 1. The zero-order valence-electron chi connectivity index (χ0n) is 27.4. The van der Waals surface area contributed by atoms with Gasteiger partial charge in [-0.1, -0.05) is 54.6 Å². The van der Waals surface area contributed by atoms with Crippen LogP contribution in [0.4, 0.5) is 0 Å². The second-order valence-corrected chi connectivity index (χ2v) is 14.0. The summed E-state index contributed by atoms with van der Waals surface area (Å²) in [7, 11) is 1.67. The van der Waals surface area contributed by atoms with Crippen molar-refractivity contribution in [1.82, 2.24) is 14.8 Å². The molecule has 4 aromatic rings. The van der Waals surface area contributed by atoms with E-state index in [1.807, 2.05) is 47.5 Å². The molecule has 3 heterocycles. The van der Waals surface area contributed by atoms with E-state index in [0.29, 0.717) is 24.1 Å². The van der Waals surface area contributed by atoms with Crippen molar-refractivity contribution in [3.05, 3.63) is 117 Å². The summed E-state index contributed by atoms with van der Waals surface area (Å²) in [5, 5.41) is 14.9. The van der Waals surface area contributed by atoms with Gasteiger partial charge < -0.3 is 14.7 Å². The van der Waals surface area contributed by atoms with Gasteiger partial charge in [0.1, 0.15) is 10.8 Å². The van der Waals surface area contributed by atoms with Crippen LogP contribution in [0.1, 0.15) is 80.7 Å². The second kappa shape index (κ2) is 15.4. The number of aliphatic hydroxyl groups excluding tert-OH is 1. The molecule has 3 aromatic carbocycles. The van der Waals surface area contributed by atoms with Crippen molar-refractivity contribution >= 4 is 23.0 Å². The number of carbonyl (C=O) groups excluding carboxylic acids is 2. The van der Waals surface area contributed by atoms with Crippen molar-refractivity contribution in [2.45, 2.75) is 64.1 Å². The molecular weight excluding hydrogens is 607 g/mol. The highest BCUT2D eigenvalue weighted by Gasteiger charge is 2.35. The van der Waals surface area contributed by atoms with E-state index in [-0.39, 0.29) is 36.0 Å². The predicted molar refractivity (Wildman–Crippen MR) is 186 cm³/mol. The molecule has 246 valence electrons. The third-order valence-corrected chi connectivity index (χ3v) is 10.8. The normalized spacial score (nSPS) is 19.8.